The lowest BCUT2D eigenvalue weighted by Gasteiger charge is -2.38. The molecule has 1 heterocycles. The van der Waals surface area contributed by atoms with Crippen LogP contribution in [0.3, 0.4) is 0 Å². The lowest BCUT2D eigenvalue weighted by Crippen LogP contribution is -2.46. The first-order valence-corrected chi connectivity index (χ1v) is 7.92. The Hall–Kier alpha value is -2.29. The van der Waals surface area contributed by atoms with E-state index >= 15 is 0 Å². The average molecular weight is 293 g/mol. The number of phenolic OH excluding ortho intramolecular Hbond substituents is 1. The molecule has 0 radical (unpaired) electrons. The summed E-state index contributed by atoms with van der Waals surface area (Å²) in [6, 6.07) is 15.5. The molecule has 2 aromatic carbocycles. The van der Waals surface area contributed by atoms with E-state index in [9.17, 15) is 9.90 Å². The second-order valence-electron chi connectivity index (χ2n) is 6.26. The quantitative estimate of drug-likeness (QED) is 0.876. The van der Waals surface area contributed by atoms with Gasteiger partial charge in [0.25, 0.3) is 5.91 Å². The molecule has 4 rings (SSSR count). The largest absolute Gasteiger partial charge is 0.508 e. The number of carbonyl (C=O) groups is 1. The Labute approximate surface area is 130 Å². The third-order valence-electron chi connectivity index (χ3n) is 5.04. The third-order valence-corrected chi connectivity index (χ3v) is 5.04. The van der Waals surface area contributed by atoms with Gasteiger partial charge >= 0.3 is 0 Å². The third kappa shape index (κ3) is 2.08. The molecule has 3 nitrogen and oxygen atoms in total. The zero-order chi connectivity index (χ0) is 15.1. The summed E-state index contributed by atoms with van der Waals surface area (Å²) < 4.78 is 0. The zero-order valence-corrected chi connectivity index (χ0v) is 12.4. The van der Waals surface area contributed by atoms with Gasteiger partial charge in [0.2, 0.25) is 0 Å². The standard InChI is InChI=1S/C19H19NO2/c21-15-9-7-13(8-10-15)19(22)20-11-3-6-17-16-5-2-1-4-14(16)12-18(17)20/h1-2,4-5,7-10,17-18,21H,3,6,11-12H2/t17-,18+/m1/s1. The van der Waals surface area contributed by atoms with E-state index in [4.69, 9.17) is 0 Å². The maximum atomic E-state index is 12.8. The molecule has 1 aliphatic carbocycles. The van der Waals surface area contributed by atoms with E-state index in [2.05, 4.69) is 24.3 Å². The van der Waals surface area contributed by atoms with Crippen molar-refractivity contribution < 1.29 is 9.90 Å². The van der Waals surface area contributed by atoms with Crippen molar-refractivity contribution in [2.75, 3.05) is 6.54 Å². The maximum absolute atomic E-state index is 12.8. The topological polar surface area (TPSA) is 40.5 Å². The van der Waals surface area contributed by atoms with Crippen LogP contribution in [-0.2, 0) is 6.42 Å². The number of carbonyl (C=O) groups excluding carboxylic acids is 1. The second kappa shape index (κ2) is 5.16. The minimum Gasteiger partial charge on any atom is -0.508 e. The fourth-order valence-corrected chi connectivity index (χ4v) is 4.00. The first-order chi connectivity index (χ1) is 10.7. The van der Waals surface area contributed by atoms with E-state index in [1.54, 1.807) is 24.3 Å². The molecule has 112 valence electrons. The van der Waals surface area contributed by atoms with Crippen LogP contribution in [0, 0.1) is 0 Å². The number of amides is 1. The smallest absolute Gasteiger partial charge is 0.254 e. The molecule has 2 atom stereocenters. The minimum absolute atomic E-state index is 0.0857. The van der Waals surface area contributed by atoms with Crippen LogP contribution in [0.4, 0.5) is 0 Å². The van der Waals surface area contributed by atoms with Crippen molar-refractivity contribution in [3.8, 4) is 5.75 Å². The number of piperidine rings is 1. The summed E-state index contributed by atoms with van der Waals surface area (Å²) in [5.41, 5.74) is 3.48. The molecule has 22 heavy (non-hydrogen) atoms. The molecule has 2 aliphatic rings. The van der Waals surface area contributed by atoms with Gasteiger partial charge in [-0.15, -0.1) is 0 Å². The fraction of sp³-hybridized carbons (Fsp3) is 0.316. The van der Waals surface area contributed by atoms with Crippen LogP contribution in [0.25, 0.3) is 0 Å². The van der Waals surface area contributed by atoms with Gasteiger partial charge in [-0.1, -0.05) is 24.3 Å². The number of hydrogen-bond acceptors (Lipinski definition) is 2. The molecule has 0 unspecified atom stereocenters. The Morgan fingerprint density at radius 2 is 1.86 bits per heavy atom. The molecular formula is C19H19NO2. The van der Waals surface area contributed by atoms with Crippen molar-refractivity contribution in [2.45, 2.75) is 31.2 Å². The SMILES string of the molecule is O=C(c1ccc(O)cc1)N1CCC[C@@H]2c3ccccc3C[C@@H]21. The lowest BCUT2D eigenvalue weighted by molar-refractivity contribution is 0.0595. The van der Waals surface area contributed by atoms with Gasteiger partial charge < -0.3 is 10.0 Å². The van der Waals surface area contributed by atoms with Crippen molar-refractivity contribution in [1.82, 2.24) is 4.90 Å². The van der Waals surface area contributed by atoms with Crippen LogP contribution in [0.15, 0.2) is 48.5 Å². The van der Waals surface area contributed by atoms with Crippen LogP contribution >= 0.6 is 0 Å². The van der Waals surface area contributed by atoms with Crippen molar-refractivity contribution in [3.63, 3.8) is 0 Å². The minimum atomic E-state index is 0.0857. The number of rotatable bonds is 1. The van der Waals surface area contributed by atoms with Crippen molar-refractivity contribution in [3.05, 3.63) is 65.2 Å². The summed E-state index contributed by atoms with van der Waals surface area (Å²) >= 11 is 0. The summed E-state index contributed by atoms with van der Waals surface area (Å²) in [5, 5.41) is 9.39. The van der Waals surface area contributed by atoms with Crippen LogP contribution in [0.5, 0.6) is 5.75 Å². The highest BCUT2D eigenvalue weighted by molar-refractivity contribution is 5.94. The fourth-order valence-electron chi connectivity index (χ4n) is 4.00. The number of benzene rings is 2. The highest BCUT2D eigenvalue weighted by atomic mass is 16.3. The second-order valence-corrected chi connectivity index (χ2v) is 6.26. The molecule has 0 spiro atoms. The Kier molecular flexibility index (Phi) is 3.14. The molecule has 0 bridgehead atoms. The molecule has 1 amide bonds. The van der Waals surface area contributed by atoms with Gasteiger partial charge in [0.1, 0.15) is 5.75 Å². The number of fused-ring (bicyclic) bond motifs is 3. The Morgan fingerprint density at radius 1 is 1.09 bits per heavy atom. The normalized spacial score (nSPS) is 23.0. The molecule has 1 aliphatic heterocycles. The van der Waals surface area contributed by atoms with Gasteiger partial charge in [-0.2, -0.15) is 0 Å². The van der Waals surface area contributed by atoms with E-state index in [1.807, 2.05) is 4.90 Å². The molecule has 2 aromatic rings. The number of hydrogen-bond donors (Lipinski definition) is 1. The van der Waals surface area contributed by atoms with Crippen LogP contribution < -0.4 is 0 Å². The van der Waals surface area contributed by atoms with Crippen LogP contribution in [-0.4, -0.2) is 28.5 Å². The Morgan fingerprint density at radius 3 is 2.68 bits per heavy atom. The number of phenols is 1. The van der Waals surface area contributed by atoms with Gasteiger partial charge in [0.05, 0.1) is 0 Å². The van der Waals surface area contributed by atoms with E-state index in [1.165, 1.54) is 17.5 Å². The monoisotopic (exact) mass is 293 g/mol. The molecule has 1 saturated heterocycles. The van der Waals surface area contributed by atoms with Crippen molar-refractivity contribution in [2.24, 2.45) is 0 Å². The van der Waals surface area contributed by atoms with Gasteiger partial charge in [-0.25, -0.2) is 0 Å². The maximum Gasteiger partial charge on any atom is 0.254 e. The van der Waals surface area contributed by atoms with E-state index < -0.39 is 0 Å². The van der Waals surface area contributed by atoms with Crippen molar-refractivity contribution >= 4 is 5.91 Å². The summed E-state index contributed by atoms with van der Waals surface area (Å²) in [4.78, 5) is 14.9. The molecule has 0 aromatic heterocycles. The number of nitrogens with zero attached hydrogens (tertiary/aromatic N) is 1. The lowest BCUT2D eigenvalue weighted by atomic mass is 9.88. The summed E-state index contributed by atoms with van der Waals surface area (Å²) in [7, 11) is 0. The number of likely N-dealkylation sites (tertiary alicyclic amines) is 1. The van der Waals surface area contributed by atoms with E-state index in [0.717, 1.165) is 19.4 Å². The first kappa shape index (κ1) is 13.4. The average Bonchev–Trinajstić information content (AvgIpc) is 2.93. The van der Waals surface area contributed by atoms with Crippen molar-refractivity contribution in [1.29, 1.82) is 0 Å². The molecular weight excluding hydrogens is 274 g/mol. The van der Waals surface area contributed by atoms with Crippen LogP contribution in [0.2, 0.25) is 0 Å². The predicted octanol–water partition coefficient (Wildman–Crippen LogP) is 3.34. The summed E-state index contributed by atoms with van der Waals surface area (Å²) in [6.45, 7) is 0.828. The Bertz CT molecular complexity index is 708. The molecule has 1 fully saturated rings. The first-order valence-electron chi connectivity index (χ1n) is 7.92. The predicted molar refractivity (Wildman–Crippen MR) is 85.1 cm³/mol. The molecule has 0 saturated carbocycles. The summed E-state index contributed by atoms with van der Waals surface area (Å²) in [5.74, 6) is 0.759. The number of aromatic hydroxyl groups is 1. The molecule has 1 N–H and O–H groups in total. The van der Waals surface area contributed by atoms with Gasteiger partial charge in [0, 0.05) is 24.1 Å². The van der Waals surface area contributed by atoms with Crippen LogP contribution in [0.1, 0.15) is 40.2 Å². The van der Waals surface area contributed by atoms with Gasteiger partial charge in [0.15, 0.2) is 0 Å². The highest BCUT2D eigenvalue weighted by Gasteiger charge is 2.40. The van der Waals surface area contributed by atoms with Gasteiger partial charge in [-0.3, -0.25) is 4.79 Å². The highest BCUT2D eigenvalue weighted by Crippen LogP contribution is 2.42. The van der Waals surface area contributed by atoms with Gasteiger partial charge in [-0.05, 0) is 54.7 Å². The zero-order valence-electron chi connectivity index (χ0n) is 12.4. The summed E-state index contributed by atoms with van der Waals surface area (Å²) in [6.07, 6.45) is 3.19. The van der Waals surface area contributed by atoms with E-state index in [-0.39, 0.29) is 17.7 Å². The molecule has 3 heteroatoms. The van der Waals surface area contributed by atoms with E-state index in [0.29, 0.717) is 11.5 Å². The Balaban J connectivity index is 1.63.